The Hall–Kier alpha value is -3.26. The van der Waals surface area contributed by atoms with E-state index in [1.165, 1.54) is 6.26 Å². The molecule has 0 fully saturated rings. The van der Waals surface area contributed by atoms with E-state index in [2.05, 4.69) is 21.2 Å². The second-order valence-electron chi connectivity index (χ2n) is 6.17. The first-order chi connectivity index (χ1) is 14.5. The van der Waals surface area contributed by atoms with Crippen LogP contribution in [0.25, 0.3) is 10.9 Å². The van der Waals surface area contributed by atoms with Crippen LogP contribution in [0.15, 0.2) is 71.5 Å². The molecule has 10 heteroatoms. The van der Waals surface area contributed by atoms with Gasteiger partial charge in [-0.1, -0.05) is 41.4 Å². The highest BCUT2D eigenvalue weighted by molar-refractivity contribution is 6.40. The van der Waals surface area contributed by atoms with E-state index in [-0.39, 0.29) is 33.8 Å². The summed E-state index contributed by atoms with van der Waals surface area (Å²) in [5.74, 6) is -0.711. The van der Waals surface area contributed by atoms with Gasteiger partial charge in [-0.15, -0.1) is 12.4 Å². The first kappa shape index (κ1) is 22.4. The van der Waals surface area contributed by atoms with E-state index in [9.17, 15) is 9.59 Å². The first-order valence-electron chi connectivity index (χ1n) is 8.77. The van der Waals surface area contributed by atoms with Gasteiger partial charge in [-0.3, -0.25) is 25.4 Å². The number of nitrogens with zero attached hydrogens (tertiary/aromatic N) is 1. The lowest BCUT2D eigenvalue weighted by atomic mass is 10.1. The molecule has 2 aromatic heterocycles. The molecule has 4 aromatic rings. The highest BCUT2D eigenvalue weighted by atomic mass is 35.5. The zero-order valence-electron chi connectivity index (χ0n) is 15.7. The van der Waals surface area contributed by atoms with Crippen molar-refractivity contribution in [3.05, 3.63) is 88.4 Å². The van der Waals surface area contributed by atoms with Gasteiger partial charge in [0.15, 0.2) is 5.76 Å². The predicted molar refractivity (Wildman–Crippen MR) is 123 cm³/mol. The Kier molecular flexibility index (Phi) is 7.02. The van der Waals surface area contributed by atoms with Gasteiger partial charge < -0.3 is 9.73 Å². The number of fused-ring (bicyclic) bond motifs is 1. The number of carbonyl (C=O) groups is 2. The summed E-state index contributed by atoms with van der Waals surface area (Å²) in [6, 6.07) is 15.0. The molecule has 0 atom stereocenters. The van der Waals surface area contributed by atoms with Crippen LogP contribution >= 0.6 is 35.6 Å². The maximum atomic E-state index is 12.7. The van der Waals surface area contributed by atoms with Crippen LogP contribution < -0.4 is 16.2 Å². The van der Waals surface area contributed by atoms with Crippen molar-refractivity contribution in [3.8, 4) is 0 Å². The number of amides is 2. The zero-order valence-corrected chi connectivity index (χ0v) is 18.0. The molecule has 2 amide bonds. The molecule has 0 saturated heterocycles. The highest BCUT2D eigenvalue weighted by Crippen LogP contribution is 2.29. The lowest BCUT2D eigenvalue weighted by Gasteiger charge is -2.13. The smallest absolute Gasteiger partial charge is 0.305 e. The van der Waals surface area contributed by atoms with Crippen LogP contribution in [0.2, 0.25) is 10.0 Å². The number of hydrazine groups is 1. The van der Waals surface area contributed by atoms with E-state index in [0.29, 0.717) is 22.3 Å². The summed E-state index contributed by atoms with van der Waals surface area (Å²) in [5, 5.41) is 3.97. The molecule has 2 aromatic carbocycles. The maximum Gasteiger partial charge on any atom is 0.305 e. The molecular formula is C21H15Cl3N4O3. The second-order valence-corrected chi connectivity index (χ2v) is 6.98. The monoisotopic (exact) mass is 476 g/mol. The number of anilines is 2. The van der Waals surface area contributed by atoms with E-state index in [1.807, 2.05) is 6.07 Å². The van der Waals surface area contributed by atoms with E-state index in [1.54, 1.807) is 54.7 Å². The normalized spacial score (nSPS) is 10.3. The summed E-state index contributed by atoms with van der Waals surface area (Å²) < 4.78 is 5.06. The Morgan fingerprint density at radius 3 is 2.32 bits per heavy atom. The molecule has 7 nitrogen and oxygen atoms in total. The number of aromatic nitrogens is 1. The molecule has 0 bridgehead atoms. The average molecular weight is 478 g/mol. The van der Waals surface area contributed by atoms with E-state index in [4.69, 9.17) is 27.6 Å². The van der Waals surface area contributed by atoms with Gasteiger partial charge in [-0.2, -0.15) is 0 Å². The number of nitrogens with one attached hydrogen (secondary N) is 3. The molecule has 0 aliphatic carbocycles. The Morgan fingerprint density at radius 1 is 0.871 bits per heavy atom. The van der Waals surface area contributed by atoms with Gasteiger partial charge in [0.2, 0.25) is 0 Å². The molecule has 4 rings (SSSR count). The van der Waals surface area contributed by atoms with Crippen LogP contribution in [0.5, 0.6) is 0 Å². The Balaban J connectivity index is 0.00000272. The predicted octanol–water partition coefficient (Wildman–Crippen LogP) is 5.57. The lowest BCUT2D eigenvalue weighted by Crippen LogP contribution is -2.29. The fourth-order valence-electron chi connectivity index (χ4n) is 2.88. The van der Waals surface area contributed by atoms with Crippen LogP contribution in [0.4, 0.5) is 11.4 Å². The number of hydrogen-bond acceptors (Lipinski definition) is 5. The maximum absolute atomic E-state index is 12.7. The van der Waals surface area contributed by atoms with Gasteiger partial charge in [-0.25, -0.2) is 0 Å². The average Bonchev–Trinajstić information content (AvgIpc) is 3.27. The highest BCUT2D eigenvalue weighted by Gasteiger charge is 2.17. The molecule has 158 valence electrons. The summed E-state index contributed by atoms with van der Waals surface area (Å²) in [7, 11) is 0. The van der Waals surface area contributed by atoms with E-state index in [0.717, 1.165) is 0 Å². The number of rotatable bonds is 5. The number of pyridine rings is 1. The van der Waals surface area contributed by atoms with Crippen molar-refractivity contribution in [2.24, 2.45) is 0 Å². The molecule has 0 saturated carbocycles. The molecule has 0 unspecified atom stereocenters. The number of carbonyl (C=O) groups excluding carboxylic acids is 2. The van der Waals surface area contributed by atoms with Crippen molar-refractivity contribution in [2.75, 3.05) is 10.7 Å². The third kappa shape index (κ3) is 4.74. The van der Waals surface area contributed by atoms with Crippen molar-refractivity contribution in [1.82, 2.24) is 10.4 Å². The minimum Gasteiger partial charge on any atom is -0.459 e. The van der Waals surface area contributed by atoms with Crippen molar-refractivity contribution >= 4 is 69.7 Å². The van der Waals surface area contributed by atoms with Crippen molar-refractivity contribution in [2.45, 2.75) is 0 Å². The van der Waals surface area contributed by atoms with Gasteiger partial charge in [-0.05, 0) is 36.4 Å². The lowest BCUT2D eigenvalue weighted by molar-refractivity contribution is 0.0934. The molecule has 3 N–H and O–H groups in total. The third-order valence-corrected chi connectivity index (χ3v) is 4.89. The van der Waals surface area contributed by atoms with Crippen LogP contribution in [-0.4, -0.2) is 16.8 Å². The summed E-state index contributed by atoms with van der Waals surface area (Å²) in [5.41, 5.74) is 7.17. The van der Waals surface area contributed by atoms with E-state index < -0.39 is 11.8 Å². The number of furan rings is 1. The number of benzene rings is 2. The van der Waals surface area contributed by atoms with Crippen LogP contribution in [0.3, 0.4) is 0 Å². The Labute approximate surface area is 193 Å². The topological polar surface area (TPSA) is 96.3 Å². The van der Waals surface area contributed by atoms with Gasteiger partial charge in [0.25, 0.3) is 5.91 Å². The summed E-state index contributed by atoms with van der Waals surface area (Å²) >= 11 is 12.3. The third-order valence-electron chi connectivity index (χ3n) is 4.26. The zero-order chi connectivity index (χ0) is 21.1. The van der Waals surface area contributed by atoms with Gasteiger partial charge >= 0.3 is 5.91 Å². The standard InChI is InChI=1S/C21H14Cl2N4O3.ClH/c22-13-5-2-6-14(23)18(13)21(29)25-16-7-1-4-12-15(9-10-24-19(12)16)26-27-20(28)17-8-3-11-30-17;/h1-11H,(H,24,26)(H,25,29)(H,27,28);1H. The molecular weight excluding hydrogens is 463 g/mol. The van der Waals surface area contributed by atoms with Crippen molar-refractivity contribution in [1.29, 1.82) is 0 Å². The first-order valence-corrected chi connectivity index (χ1v) is 9.53. The van der Waals surface area contributed by atoms with Gasteiger partial charge in [0.05, 0.1) is 38.8 Å². The van der Waals surface area contributed by atoms with Gasteiger partial charge in [0, 0.05) is 11.6 Å². The molecule has 0 radical (unpaired) electrons. The fourth-order valence-corrected chi connectivity index (χ4v) is 3.45. The van der Waals surface area contributed by atoms with Crippen LogP contribution in [0.1, 0.15) is 20.9 Å². The number of halogens is 3. The number of hydrogen-bond donors (Lipinski definition) is 3. The quantitative estimate of drug-likeness (QED) is 0.327. The molecule has 2 heterocycles. The van der Waals surface area contributed by atoms with Gasteiger partial charge in [0.1, 0.15) is 0 Å². The molecule has 0 aliphatic heterocycles. The molecule has 31 heavy (non-hydrogen) atoms. The summed E-state index contributed by atoms with van der Waals surface area (Å²) in [6.45, 7) is 0. The van der Waals surface area contributed by atoms with Crippen LogP contribution in [-0.2, 0) is 0 Å². The SMILES string of the molecule is Cl.O=C(NNc1ccnc2c(NC(=O)c3c(Cl)cccc3Cl)cccc12)c1ccco1. The minimum absolute atomic E-state index is 0. The van der Waals surface area contributed by atoms with E-state index >= 15 is 0 Å². The van der Waals surface area contributed by atoms with Crippen molar-refractivity contribution in [3.63, 3.8) is 0 Å². The fraction of sp³-hybridized carbons (Fsp3) is 0. The minimum atomic E-state index is -0.454. The Morgan fingerprint density at radius 2 is 1.61 bits per heavy atom. The molecule has 0 aliphatic rings. The summed E-state index contributed by atoms with van der Waals surface area (Å²) in [6.07, 6.45) is 2.97. The second kappa shape index (κ2) is 9.70. The van der Waals surface area contributed by atoms with Crippen molar-refractivity contribution < 1.29 is 14.0 Å². The Bertz CT molecular complexity index is 1230. The largest absolute Gasteiger partial charge is 0.459 e. The molecule has 0 spiro atoms. The summed E-state index contributed by atoms with van der Waals surface area (Å²) in [4.78, 5) is 29.2. The number of para-hydroxylation sites is 1. The van der Waals surface area contributed by atoms with Crippen LogP contribution in [0, 0.1) is 0 Å².